The van der Waals surface area contributed by atoms with Crippen LogP contribution in [0.1, 0.15) is 37.3 Å². The van der Waals surface area contributed by atoms with Gasteiger partial charge in [-0.25, -0.2) is 8.42 Å². The molecule has 0 aromatic heterocycles. The van der Waals surface area contributed by atoms with Crippen LogP contribution in [0.4, 0.5) is 5.69 Å². The fourth-order valence-corrected chi connectivity index (χ4v) is 5.53. The number of hydrogen-bond donors (Lipinski definition) is 4. The summed E-state index contributed by atoms with van der Waals surface area (Å²) in [7, 11) is -4.22. The number of hydrogen-bond acceptors (Lipinski definition) is 6. The first-order valence-electron chi connectivity index (χ1n) is 12.1. The molecular formula is C26H34Cl3N5O5S. The lowest BCUT2D eigenvalue weighted by atomic mass is 10.1. The van der Waals surface area contributed by atoms with Gasteiger partial charge in [-0.2, -0.15) is 0 Å². The SMILES string of the molecule is CCC(=N)N1CCC(Oc2ccc(N(C/C=C/c3cccc(C(=N)N)c3)S(=O)(=O)CC(=O)O)cc2Cl)CC1.Cl.Cl. The maximum atomic E-state index is 12.9. The first-order chi connectivity index (χ1) is 18.0. The van der Waals surface area contributed by atoms with Crippen molar-refractivity contribution >= 4 is 75.8 Å². The number of halogens is 3. The molecule has 2 aromatic rings. The van der Waals surface area contributed by atoms with E-state index in [-0.39, 0.29) is 54.0 Å². The number of sulfonamides is 1. The normalized spacial score (nSPS) is 13.7. The molecule has 0 spiro atoms. The highest BCUT2D eigenvalue weighted by Crippen LogP contribution is 2.32. The predicted molar refractivity (Wildman–Crippen MR) is 164 cm³/mol. The minimum absolute atomic E-state index is 0. The number of benzene rings is 2. The minimum Gasteiger partial charge on any atom is -0.489 e. The molecular weight excluding hydrogens is 601 g/mol. The lowest BCUT2D eigenvalue weighted by Crippen LogP contribution is -2.41. The molecule has 0 bridgehead atoms. The topological polar surface area (TPSA) is 161 Å². The predicted octanol–water partition coefficient (Wildman–Crippen LogP) is 4.63. The Labute approximate surface area is 252 Å². The average Bonchev–Trinajstić information content (AvgIpc) is 2.87. The van der Waals surface area contributed by atoms with Gasteiger partial charge >= 0.3 is 5.97 Å². The van der Waals surface area contributed by atoms with E-state index in [1.165, 1.54) is 12.1 Å². The zero-order valence-electron chi connectivity index (χ0n) is 21.9. The molecule has 10 nitrogen and oxygen atoms in total. The lowest BCUT2D eigenvalue weighted by Gasteiger charge is -2.33. The van der Waals surface area contributed by atoms with Gasteiger partial charge in [-0.15, -0.1) is 24.8 Å². The van der Waals surface area contributed by atoms with Crippen molar-refractivity contribution in [3.05, 3.63) is 64.7 Å². The van der Waals surface area contributed by atoms with Crippen LogP contribution in [0.25, 0.3) is 6.08 Å². The van der Waals surface area contributed by atoms with Gasteiger partial charge < -0.3 is 20.5 Å². The maximum absolute atomic E-state index is 12.9. The van der Waals surface area contributed by atoms with Crippen molar-refractivity contribution in [2.75, 3.05) is 29.7 Å². The number of carboxylic acid groups (broad SMARTS) is 1. The second kappa shape index (κ2) is 15.7. The molecule has 0 atom stereocenters. The molecule has 1 heterocycles. The Morgan fingerprint density at radius 1 is 1.20 bits per heavy atom. The molecule has 40 heavy (non-hydrogen) atoms. The fourth-order valence-electron chi connectivity index (χ4n) is 4.10. The molecule has 0 aliphatic carbocycles. The summed E-state index contributed by atoms with van der Waals surface area (Å²) in [5.74, 6) is -1.63. The van der Waals surface area contributed by atoms with E-state index < -0.39 is 21.7 Å². The van der Waals surface area contributed by atoms with E-state index >= 15 is 0 Å². The molecule has 220 valence electrons. The minimum atomic E-state index is -4.22. The number of aliphatic carboxylic acids is 1. The van der Waals surface area contributed by atoms with Gasteiger partial charge in [0.25, 0.3) is 0 Å². The fraction of sp³-hybridized carbons (Fsp3) is 0.346. The highest BCUT2D eigenvalue weighted by atomic mass is 35.5. The highest BCUT2D eigenvalue weighted by Gasteiger charge is 2.26. The number of carbonyl (C=O) groups is 1. The van der Waals surface area contributed by atoms with Gasteiger partial charge in [0.1, 0.15) is 17.7 Å². The quantitative estimate of drug-likeness (QED) is 0.207. The lowest BCUT2D eigenvalue weighted by molar-refractivity contribution is -0.134. The summed E-state index contributed by atoms with van der Waals surface area (Å²) in [6.07, 6.45) is 5.31. The number of nitrogens with two attached hydrogens (primary N) is 1. The van der Waals surface area contributed by atoms with E-state index in [0.29, 0.717) is 29.1 Å². The van der Waals surface area contributed by atoms with Gasteiger partial charge in [-0.3, -0.25) is 19.9 Å². The summed E-state index contributed by atoms with van der Waals surface area (Å²) in [5, 5.41) is 24.9. The number of carboxylic acids is 1. The molecule has 14 heteroatoms. The Bertz CT molecular complexity index is 1330. The zero-order chi connectivity index (χ0) is 27.9. The smallest absolute Gasteiger partial charge is 0.320 e. The number of anilines is 1. The average molecular weight is 635 g/mol. The summed E-state index contributed by atoms with van der Waals surface area (Å²) < 4.78 is 32.9. The van der Waals surface area contributed by atoms with E-state index in [1.807, 2.05) is 11.8 Å². The summed E-state index contributed by atoms with van der Waals surface area (Å²) in [6.45, 7) is 3.25. The Kier molecular flexibility index (Phi) is 13.8. The highest BCUT2D eigenvalue weighted by molar-refractivity contribution is 7.93. The van der Waals surface area contributed by atoms with Crippen LogP contribution in [0.3, 0.4) is 0 Å². The van der Waals surface area contributed by atoms with E-state index in [1.54, 1.807) is 42.5 Å². The monoisotopic (exact) mass is 633 g/mol. The largest absolute Gasteiger partial charge is 0.489 e. The van der Waals surface area contributed by atoms with Crippen molar-refractivity contribution in [3.8, 4) is 5.75 Å². The molecule has 1 aliphatic heterocycles. The van der Waals surface area contributed by atoms with E-state index in [9.17, 15) is 13.2 Å². The number of likely N-dealkylation sites (tertiary alicyclic amines) is 1. The Morgan fingerprint density at radius 3 is 2.45 bits per heavy atom. The number of piperidine rings is 1. The van der Waals surface area contributed by atoms with E-state index in [0.717, 1.165) is 30.2 Å². The van der Waals surface area contributed by atoms with Crippen molar-refractivity contribution in [2.45, 2.75) is 32.3 Å². The molecule has 3 rings (SSSR count). The standard InChI is InChI=1S/C26H32ClN5O5S.2ClH/c1-2-24(28)31-13-10-21(11-14-31)37-23-9-8-20(16-22(23)27)32(38(35,36)17-25(33)34)12-4-6-18-5-3-7-19(15-18)26(29)30;;/h3-9,15-16,21,28H,2,10-14,17H2,1H3,(H3,29,30)(H,33,34);2*1H/b6-4+,28-24?;;. The number of amidine groups is 2. The van der Waals surface area contributed by atoms with Gasteiger partial charge in [-0.1, -0.05) is 48.9 Å². The second-order valence-corrected chi connectivity index (χ2v) is 11.1. The van der Waals surface area contributed by atoms with Crippen molar-refractivity contribution in [1.82, 2.24) is 4.90 Å². The molecule has 5 N–H and O–H groups in total. The summed E-state index contributed by atoms with van der Waals surface area (Å²) in [6, 6.07) is 11.4. The molecule has 0 unspecified atom stereocenters. The van der Waals surface area contributed by atoms with Crippen molar-refractivity contribution in [1.29, 1.82) is 10.8 Å². The number of rotatable bonds is 11. The Hall–Kier alpha value is -2.99. The van der Waals surface area contributed by atoms with Gasteiger partial charge in [0.15, 0.2) is 5.75 Å². The van der Waals surface area contributed by atoms with Crippen LogP contribution < -0.4 is 14.8 Å². The molecule has 0 saturated carbocycles. The van der Waals surface area contributed by atoms with Crippen LogP contribution in [0, 0.1) is 10.8 Å². The Balaban J connectivity index is 0.00000400. The van der Waals surface area contributed by atoms with Crippen LogP contribution in [0.5, 0.6) is 5.75 Å². The molecule has 2 aromatic carbocycles. The number of nitrogens with one attached hydrogen (secondary N) is 2. The van der Waals surface area contributed by atoms with Crippen LogP contribution >= 0.6 is 36.4 Å². The third-order valence-electron chi connectivity index (χ3n) is 6.08. The van der Waals surface area contributed by atoms with Gasteiger partial charge in [-0.05, 0) is 29.8 Å². The van der Waals surface area contributed by atoms with E-state index in [4.69, 9.17) is 38.0 Å². The summed E-state index contributed by atoms with van der Waals surface area (Å²) in [4.78, 5) is 13.3. The second-order valence-electron chi connectivity index (χ2n) is 8.84. The van der Waals surface area contributed by atoms with Crippen molar-refractivity contribution < 1.29 is 23.1 Å². The molecule has 0 radical (unpaired) electrons. The zero-order valence-corrected chi connectivity index (χ0v) is 25.1. The first-order valence-corrected chi connectivity index (χ1v) is 14.1. The van der Waals surface area contributed by atoms with Crippen molar-refractivity contribution in [2.24, 2.45) is 5.73 Å². The maximum Gasteiger partial charge on any atom is 0.320 e. The van der Waals surface area contributed by atoms with Crippen LogP contribution in [-0.4, -0.2) is 67.6 Å². The third kappa shape index (κ3) is 9.58. The summed E-state index contributed by atoms with van der Waals surface area (Å²) >= 11 is 6.47. The first kappa shape index (κ1) is 35.0. The van der Waals surface area contributed by atoms with Gasteiger partial charge in [0.05, 0.1) is 23.1 Å². The Morgan fingerprint density at radius 2 is 1.88 bits per heavy atom. The van der Waals surface area contributed by atoms with Crippen LogP contribution in [0.2, 0.25) is 5.02 Å². The van der Waals surface area contributed by atoms with E-state index in [2.05, 4.69) is 0 Å². The van der Waals surface area contributed by atoms with Crippen LogP contribution in [-0.2, 0) is 14.8 Å². The summed E-state index contributed by atoms with van der Waals surface area (Å²) in [5.41, 5.74) is 6.97. The molecule has 1 fully saturated rings. The molecule has 0 amide bonds. The number of ether oxygens (including phenoxy) is 1. The number of nitrogens with zero attached hydrogens (tertiary/aromatic N) is 2. The molecule has 1 aliphatic rings. The van der Waals surface area contributed by atoms with Crippen LogP contribution in [0.15, 0.2) is 48.5 Å². The van der Waals surface area contributed by atoms with Crippen molar-refractivity contribution in [3.63, 3.8) is 0 Å². The third-order valence-corrected chi connectivity index (χ3v) is 8.02. The molecule has 1 saturated heterocycles. The van der Waals surface area contributed by atoms with Gasteiger partial charge in [0.2, 0.25) is 10.0 Å². The van der Waals surface area contributed by atoms with Gasteiger partial charge in [0, 0.05) is 37.9 Å². The number of nitrogen functional groups attached to an aromatic ring is 1.